The first-order chi connectivity index (χ1) is 11.1. The van der Waals surface area contributed by atoms with Crippen molar-refractivity contribution in [3.05, 3.63) is 59.0 Å². The maximum Gasteiger partial charge on any atom is 0.248 e. The van der Waals surface area contributed by atoms with E-state index in [0.29, 0.717) is 22.2 Å². The van der Waals surface area contributed by atoms with Gasteiger partial charge in [-0.25, -0.2) is 0 Å². The molecule has 1 N–H and O–H groups in total. The molecule has 0 aromatic heterocycles. The lowest BCUT2D eigenvalue weighted by atomic mass is 10.2. The minimum absolute atomic E-state index is 0.267. The molecule has 0 radical (unpaired) electrons. The van der Waals surface area contributed by atoms with Crippen molar-refractivity contribution in [2.24, 2.45) is 0 Å². The van der Waals surface area contributed by atoms with Crippen molar-refractivity contribution < 1.29 is 14.3 Å². The number of anilines is 1. The molecule has 0 fully saturated rings. The van der Waals surface area contributed by atoms with Crippen LogP contribution in [0, 0.1) is 0 Å². The van der Waals surface area contributed by atoms with Gasteiger partial charge in [-0.1, -0.05) is 41.6 Å². The summed E-state index contributed by atoms with van der Waals surface area (Å²) in [6, 6.07) is 13.0. The zero-order chi connectivity index (χ0) is 16.7. The largest absolute Gasteiger partial charge is 0.495 e. The highest BCUT2D eigenvalue weighted by atomic mass is 35.5. The molecule has 23 heavy (non-hydrogen) atoms. The first-order valence-electron chi connectivity index (χ1n) is 6.75. The summed E-state index contributed by atoms with van der Waals surface area (Å²) in [7, 11) is 3.02. The molecule has 0 atom stereocenters. The smallest absolute Gasteiger partial charge is 0.248 e. The van der Waals surface area contributed by atoms with Gasteiger partial charge in [-0.2, -0.15) is 0 Å². The standard InChI is InChI=1S/C17H16ClNO3S/c1-21-15-11-14(16(22-2)10-13(15)18)19-17(20)8-9-23-12-6-4-3-5-7-12/h3-11H,1-2H3,(H,19,20)/b9-8+. The Hall–Kier alpha value is -2.11. The van der Waals surface area contributed by atoms with E-state index in [0.717, 1.165) is 4.90 Å². The molecule has 0 spiro atoms. The Labute approximate surface area is 144 Å². The fourth-order valence-electron chi connectivity index (χ4n) is 1.81. The molecule has 2 aromatic rings. The summed E-state index contributed by atoms with van der Waals surface area (Å²) in [5.41, 5.74) is 0.494. The van der Waals surface area contributed by atoms with Crippen LogP contribution in [0.3, 0.4) is 0 Å². The van der Waals surface area contributed by atoms with Gasteiger partial charge in [-0.05, 0) is 17.5 Å². The van der Waals surface area contributed by atoms with E-state index in [2.05, 4.69) is 5.32 Å². The minimum atomic E-state index is -0.267. The quantitative estimate of drug-likeness (QED) is 0.611. The lowest BCUT2D eigenvalue weighted by Gasteiger charge is -2.12. The highest BCUT2D eigenvalue weighted by Crippen LogP contribution is 2.35. The van der Waals surface area contributed by atoms with E-state index in [1.54, 1.807) is 17.5 Å². The summed E-state index contributed by atoms with van der Waals surface area (Å²) in [6.45, 7) is 0. The predicted molar refractivity (Wildman–Crippen MR) is 94.6 cm³/mol. The van der Waals surface area contributed by atoms with Crippen molar-refractivity contribution in [3.63, 3.8) is 0 Å². The average Bonchev–Trinajstić information content (AvgIpc) is 2.57. The van der Waals surface area contributed by atoms with Crippen molar-refractivity contribution >= 4 is 35.0 Å². The van der Waals surface area contributed by atoms with Crippen molar-refractivity contribution in [3.8, 4) is 11.5 Å². The Balaban J connectivity index is 2.05. The van der Waals surface area contributed by atoms with Gasteiger partial charge in [0.1, 0.15) is 11.5 Å². The van der Waals surface area contributed by atoms with Crippen LogP contribution in [0.25, 0.3) is 0 Å². The molecule has 0 bridgehead atoms. The van der Waals surface area contributed by atoms with Gasteiger partial charge >= 0.3 is 0 Å². The number of nitrogens with one attached hydrogen (secondary N) is 1. The molecule has 4 nitrogen and oxygen atoms in total. The van der Waals surface area contributed by atoms with Gasteiger partial charge in [0.05, 0.1) is 24.9 Å². The fraction of sp³-hybridized carbons (Fsp3) is 0.118. The number of carbonyl (C=O) groups excluding carboxylic acids is 1. The normalized spacial score (nSPS) is 10.6. The number of methoxy groups -OCH3 is 2. The Morgan fingerprint density at radius 2 is 1.83 bits per heavy atom. The molecule has 0 aliphatic rings. The Kier molecular flexibility index (Phi) is 6.38. The number of rotatable bonds is 6. The third kappa shape index (κ3) is 4.94. The van der Waals surface area contributed by atoms with Gasteiger partial charge < -0.3 is 14.8 Å². The number of hydrogen-bond donors (Lipinski definition) is 1. The van der Waals surface area contributed by atoms with E-state index in [1.807, 2.05) is 30.3 Å². The van der Waals surface area contributed by atoms with Crippen LogP contribution in [0.2, 0.25) is 5.02 Å². The summed E-state index contributed by atoms with van der Waals surface area (Å²) in [5.74, 6) is 0.662. The van der Waals surface area contributed by atoms with Crippen LogP contribution in [0.15, 0.2) is 58.8 Å². The van der Waals surface area contributed by atoms with Crippen LogP contribution < -0.4 is 14.8 Å². The average molecular weight is 350 g/mol. The Morgan fingerprint density at radius 3 is 2.48 bits per heavy atom. The molecule has 0 heterocycles. The van der Waals surface area contributed by atoms with Crippen molar-refractivity contribution in [1.29, 1.82) is 0 Å². The monoisotopic (exact) mass is 349 g/mol. The topological polar surface area (TPSA) is 47.6 Å². The molecule has 0 aliphatic heterocycles. The number of thioether (sulfide) groups is 1. The zero-order valence-corrected chi connectivity index (χ0v) is 14.3. The van der Waals surface area contributed by atoms with E-state index < -0.39 is 0 Å². The maximum absolute atomic E-state index is 12.0. The summed E-state index contributed by atoms with van der Waals surface area (Å²) in [6.07, 6.45) is 1.46. The summed E-state index contributed by atoms with van der Waals surface area (Å²) in [4.78, 5) is 13.1. The number of benzene rings is 2. The number of ether oxygens (including phenoxy) is 2. The van der Waals surface area contributed by atoms with Crippen LogP contribution in [0.1, 0.15) is 0 Å². The van der Waals surface area contributed by atoms with Gasteiger partial charge in [0.2, 0.25) is 5.91 Å². The molecule has 120 valence electrons. The number of hydrogen-bond acceptors (Lipinski definition) is 4. The van der Waals surface area contributed by atoms with Gasteiger partial charge in [-0.3, -0.25) is 4.79 Å². The number of halogens is 1. The number of amides is 1. The van der Waals surface area contributed by atoms with Crippen LogP contribution in [-0.4, -0.2) is 20.1 Å². The number of carbonyl (C=O) groups is 1. The van der Waals surface area contributed by atoms with Crippen LogP contribution in [-0.2, 0) is 4.79 Å². The lowest BCUT2D eigenvalue weighted by Crippen LogP contribution is -2.09. The lowest BCUT2D eigenvalue weighted by molar-refractivity contribution is -0.111. The molecule has 0 aliphatic carbocycles. The summed E-state index contributed by atoms with van der Waals surface area (Å²) in [5, 5.41) is 4.89. The van der Waals surface area contributed by atoms with Gasteiger partial charge in [0, 0.05) is 23.1 Å². The SMILES string of the molecule is COc1cc(NC(=O)/C=C/Sc2ccccc2)c(OC)cc1Cl. The van der Waals surface area contributed by atoms with E-state index in [9.17, 15) is 4.79 Å². The first-order valence-corrected chi connectivity index (χ1v) is 8.00. The second-order valence-electron chi connectivity index (χ2n) is 4.41. The molecular weight excluding hydrogens is 334 g/mol. The highest BCUT2D eigenvalue weighted by Gasteiger charge is 2.11. The molecule has 0 unspecified atom stereocenters. The summed E-state index contributed by atoms with van der Waals surface area (Å²) < 4.78 is 10.4. The van der Waals surface area contributed by atoms with Crippen molar-refractivity contribution in [2.75, 3.05) is 19.5 Å². The van der Waals surface area contributed by atoms with E-state index >= 15 is 0 Å². The first kappa shape index (κ1) is 17.2. The van der Waals surface area contributed by atoms with Crippen LogP contribution in [0.5, 0.6) is 11.5 Å². The van der Waals surface area contributed by atoms with Crippen molar-refractivity contribution in [2.45, 2.75) is 4.90 Å². The zero-order valence-electron chi connectivity index (χ0n) is 12.7. The van der Waals surface area contributed by atoms with Gasteiger partial charge in [0.15, 0.2) is 0 Å². The fourth-order valence-corrected chi connectivity index (χ4v) is 2.70. The van der Waals surface area contributed by atoms with E-state index in [1.165, 1.54) is 32.1 Å². The molecule has 0 saturated heterocycles. The Morgan fingerprint density at radius 1 is 1.13 bits per heavy atom. The molecule has 0 saturated carbocycles. The van der Waals surface area contributed by atoms with E-state index in [4.69, 9.17) is 21.1 Å². The molecule has 2 rings (SSSR count). The second kappa shape index (κ2) is 8.50. The minimum Gasteiger partial charge on any atom is -0.495 e. The molecule has 2 aromatic carbocycles. The predicted octanol–water partition coefficient (Wildman–Crippen LogP) is 4.60. The van der Waals surface area contributed by atoms with Gasteiger partial charge in [0.25, 0.3) is 0 Å². The third-order valence-corrected chi connectivity index (χ3v) is 4.01. The van der Waals surface area contributed by atoms with Crippen LogP contribution >= 0.6 is 23.4 Å². The molecule has 6 heteroatoms. The second-order valence-corrected chi connectivity index (χ2v) is 5.80. The van der Waals surface area contributed by atoms with Crippen molar-refractivity contribution in [1.82, 2.24) is 0 Å². The van der Waals surface area contributed by atoms with Crippen LogP contribution in [0.4, 0.5) is 5.69 Å². The van der Waals surface area contributed by atoms with E-state index in [-0.39, 0.29) is 5.91 Å². The highest BCUT2D eigenvalue weighted by molar-refractivity contribution is 8.02. The molecular formula is C17H16ClNO3S. The Bertz CT molecular complexity index is 704. The third-order valence-electron chi connectivity index (χ3n) is 2.90. The summed E-state index contributed by atoms with van der Waals surface area (Å²) >= 11 is 7.49. The maximum atomic E-state index is 12.0. The van der Waals surface area contributed by atoms with Gasteiger partial charge in [-0.15, -0.1) is 0 Å². The molecule has 1 amide bonds.